The fourth-order valence-electron chi connectivity index (χ4n) is 4.09. The van der Waals surface area contributed by atoms with Gasteiger partial charge in [-0.3, -0.25) is 13.9 Å². The Balaban J connectivity index is 1.75. The van der Waals surface area contributed by atoms with Crippen LogP contribution in [0.1, 0.15) is 42.1 Å². The molecule has 1 heterocycles. The molecule has 6 nitrogen and oxygen atoms in total. The minimum atomic E-state index is -2.81. The zero-order valence-corrected chi connectivity index (χ0v) is 19.0. The number of carbonyl (C=O) groups excluding carboxylic acids is 1. The van der Waals surface area contributed by atoms with Crippen molar-refractivity contribution in [1.82, 2.24) is 10.6 Å². The summed E-state index contributed by atoms with van der Waals surface area (Å²) >= 11 is 0. The van der Waals surface area contributed by atoms with Crippen molar-refractivity contribution < 1.29 is 27.8 Å². The number of carbonyl (C=O) groups is 1. The molecule has 2 aromatic carbocycles. The molecule has 0 saturated heterocycles. The van der Waals surface area contributed by atoms with E-state index in [1.54, 1.807) is 0 Å². The predicted molar refractivity (Wildman–Crippen MR) is 122 cm³/mol. The number of rotatable bonds is 8. The van der Waals surface area contributed by atoms with Crippen molar-refractivity contribution in [2.45, 2.75) is 50.6 Å². The molecular formula is C23H30F2N2O4S. The summed E-state index contributed by atoms with van der Waals surface area (Å²) in [7, 11) is -2.81. The van der Waals surface area contributed by atoms with E-state index in [1.165, 1.54) is 6.92 Å². The summed E-state index contributed by atoms with van der Waals surface area (Å²) in [6.07, 6.45) is -0.201. The van der Waals surface area contributed by atoms with E-state index < -0.39 is 34.4 Å². The second kappa shape index (κ2) is 10.3. The maximum absolute atomic E-state index is 13.6. The third-order valence-corrected chi connectivity index (χ3v) is 7.26. The van der Waals surface area contributed by atoms with Gasteiger partial charge in [0.05, 0.1) is 29.7 Å². The molecule has 9 heteroatoms. The number of amides is 1. The van der Waals surface area contributed by atoms with Gasteiger partial charge in [-0.25, -0.2) is 8.78 Å². The van der Waals surface area contributed by atoms with Crippen LogP contribution in [0.25, 0.3) is 0 Å². The molecule has 0 saturated carbocycles. The van der Waals surface area contributed by atoms with Gasteiger partial charge in [0.25, 0.3) is 0 Å². The highest BCUT2D eigenvalue weighted by atomic mass is 32.3. The van der Waals surface area contributed by atoms with Crippen LogP contribution in [0.2, 0.25) is 0 Å². The second-order valence-electron chi connectivity index (χ2n) is 8.32. The Bertz CT molecular complexity index is 953. The first-order chi connectivity index (χ1) is 15.1. The van der Waals surface area contributed by atoms with Crippen molar-refractivity contribution in [2.75, 3.05) is 12.3 Å². The van der Waals surface area contributed by atoms with Crippen molar-refractivity contribution in [2.24, 2.45) is 0 Å². The topological polar surface area (TPSA) is 102 Å². The molecule has 0 bridgehead atoms. The molecule has 1 aliphatic heterocycles. The first-order valence-electron chi connectivity index (χ1n) is 10.5. The van der Waals surface area contributed by atoms with Crippen LogP contribution in [0.3, 0.4) is 0 Å². The zero-order chi connectivity index (χ0) is 23.5. The summed E-state index contributed by atoms with van der Waals surface area (Å²) < 4.78 is 47.9. The van der Waals surface area contributed by atoms with Crippen molar-refractivity contribution in [1.29, 1.82) is 0 Å². The average Bonchev–Trinajstić information content (AvgIpc) is 2.69. The summed E-state index contributed by atoms with van der Waals surface area (Å²) in [4.78, 5) is 11.7. The van der Waals surface area contributed by atoms with E-state index >= 15 is 0 Å². The normalized spacial score (nSPS) is 20.2. The molecule has 3 unspecified atom stereocenters. The summed E-state index contributed by atoms with van der Waals surface area (Å²) in [5.74, 6) is -1.52. The van der Waals surface area contributed by atoms with E-state index in [1.807, 2.05) is 25.1 Å². The lowest BCUT2D eigenvalue weighted by molar-refractivity contribution is -0.120. The smallest absolute Gasteiger partial charge is 0.217 e. The lowest BCUT2D eigenvalue weighted by Gasteiger charge is -2.42. The highest BCUT2D eigenvalue weighted by molar-refractivity contribution is 8.23. The van der Waals surface area contributed by atoms with Gasteiger partial charge < -0.3 is 15.7 Å². The van der Waals surface area contributed by atoms with Crippen LogP contribution in [0.15, 0.2) is 36.4 Å². The number of aliphatic hydroxyl groups is 1. The Hall–Kier alpha value is -2.04. The molecule has 0 radical (unpaired) electrons. The number of halogens is 2. The van der Waals surface area contributed by atoms with Gasteiger partial charge in [0.1, 0.15) is 11.6 Å². The Kier molecular flexibility index (Phi) is 7.89. The number of aryl methyl sites for hydroxylation is 1. The second-order valence-corrected chi connectivity index (χ2v) is 10.5. The third-order valence-electron chi connectivity index (χ3n) is 5.62. The fraction of sp³-hybridized carbons (Fsp3) is 0.435. The molecule has 0 spiro atoms. The minimum absolute atomic E-state index is 0.0352. The quantitative estimate of drug-likeness (QED) is 0.408. The van der Waals surface area contributed by atoms with Crippen LogP contribution in [0, 0.1) is 11.6 Å². The van der Waals surface area contributed by atoms with E-state index in [0.29, 0.717) is 5.56 Å². The Morgan fingerprint density at radius 1 is 1.16 bits per heavy atom. The molecule has 32 heavy (non-hydrogen) atoms. The highest BCUT2D eigenvalue weighted by Gasteiger charge is 2.31. The van der Waals surface area contributed by atoms with E-state index in [9.17, 15) is 27.8 Å². The molecule has 5 N–H and O–H groups in total. The van der Waals surface area contributed by atoms with Gasteiger partial charge in [0.2, 0.25) is 5.91 Å². The maximum Gasteiger partial charge on any atom is 0.217 e. The van der Waals surface area contributed by atoms with E-state index in [0.717, 1.165) is 41.3 Å². The van der Waals surface area contributed by atoms with Gasteiger partial charge in [-0.05, 0) is 47.2 Å². The van der Waals surface area contributed by atoms with Crippen LogP contribution >= 0.6 is 10.6 Å². The molecule has 1 amide bonds. The average molecular weight is 469 g/mol. The number of fused-ring (bicyclic) bond motifs is 1. The van der Waals surface area contributed by atoms with Crippen LogP contribution < -0.4 is 10.6 Å². The van der Waals surface area contributed by atoms with Crippen molar-refractivity contribution in [3.63, 3.8) is 0 Å². The van der Waals surface area contributed by atoms with E-state index in [-0.39, 0.29) is 36.4 Å². The van der Waals surface area contributed by atoms with Gasteiger partial charge in [-0.2, -0.15) is 10.6 Å². The Morgan fingerprint density at radius 3 is 2.47 bits per heavy atom. The number of hydrogen-bond donors (Lipinski definition) is 5. The molecule has 1 aliphatic rings. The molecule has 0 aromatic heterocycles. The van der Waals surface area contributed by atoms with Crippen LogP contribution in [0.5, 0.6) is 0 Å². The van der Waals surface area contributed by atoms with Gasteiger partial charge in [0.15, 0.2) is 0 Å². The van der Waals surface area contributed by atoms with Crippen molar-refractivity contribution in [3.05, 3.63) is 70.3 Å². The molecule has 0 aliphatic carbocycles. The lowest BCUT2D eigenvalue weighted by Crippen LogP contribution is -2.49. The highest BCUT2D eigenvalue weighted by Crippen LogP contribution is 2.50. The number of nitrogens with one attached hydrogen (secondary N) is 2. The summed E-state index contributed by atoms with van der Waals surface area (Å²) in [5.41, 5.74) is 3.25. The van der Waals surface area contributed by atoms with Gasteiger partial charge in [-0.15, -0.1) is 0 Å². The van der Waals surface area contributed by atoms with Gasteiger partial charge >= 0.3 is 0 Å². The summed E-state index contributed by atoms with van der Waals surface area (Å²) in [5, 5.41) is 16.6. The molecule has 2 aromatic rings. The first-order valence-corrected chi connectivity index (χ1v) is 12.4. The summed E-state index contributed by atoms with van der Waals surface area (Å²) in [6.45, 7) is 3.38. The Labute approximate surface area is 188 Å². The number of hydrogen-bond acceptors (Lipinski definition) is 5. The largest absolute Gasteiger partial charge is 0.390 e. The van der Waals surface area contributed by atoms with Crippen molar-refractivity contribution in [3.8, 4) is 0 Å². The predicted octanol–water partition coefficient (Wildman–Crippen LogP) is 3.53. The standard InChI is InChI=1S/C23H30F2N2O4S/c1-3-15-4-5-17-12-32(30,31)13-22(20(17)8-15)26-11-23(29)21(27-14(2)28)9-16-6-18(24)10-19(25)7-16/h4-8,10,21-23,26,29-31H,3,9,11-13H2,1-2H3,(H,27,28). The molecule has 3 rings (SSSR count). The monoisotopic (exact) mass is 468 g/mol. The van der Waals surface area contributed by atoms with Crippen LogP contribution in [-0.2, 0) is 23.4 Å². The van der Waals surface area contributed by atoms with Gasteiger partial charge in [0, 0.05) is 19.5 Å². The van der Waals surface area contributed by atoms with Crippen molar-refractivity contribution >= 4 is 16.5 Å². The minimum Gasteiger partial charge on any atom is -0.390 e. The van der Waals surface area contributed by atoms with E-state index in [2.05, 4.69) is 10.6 Å². The maximum atomic E-state index is 13.6. The SMILES string of the molecule is CCc1ccc2c(c1)C(NCC(O)C(Cc1cc(F)cc(F)c1)NC(C)=O)CS(O)(O)C2. The third kappa shape index (κ3) is 6.49. The Morgan fingerprint density at radius 2 is 1.84 bits per heavy atom. The molecule has 3 atom stereocenters. The zero-order valence-electron chi connectivity index (χ0n) is 18.1. The number of aliphatic hydroxyl groups excluding tert-OH is 1. The van der Waals surface area contributed by atoms with Crippen LogP contribution in [0.4, 0.5) is 8.78 Å². The number of benzene rings is 2. The van der Waals surface area contributed by atoms with E-state index in [4.69, 9.17) is 0 Å². The fourth-order valence-corrected chi connectivity index (χ4v) is 5.80. The first kappa shape index (κ1) is 24.6. The molecule has 176 valence electrons. The van der Waals surface area contributed by atoms with Crippen LogP contribution in [-0.4, -0.2) is 44.6 Å². The molecule has 0 fully saturated rings. The lowest BCUT2D eigenvalue weighted by atomic mass is 9.97. The molecular weight excluding hydrogens is 438 g/mol. The van der Waals surface area contributed by atoms with Gasteiger partial charge in [-0.1, -0.05) is 25.1 Å². The summed E-state index contributed by atoms with van der Waals surface area (Å²) in [6, 6.07) is 7.84.